The third kappa shape index (κ3) is 7.29. The van der Waals surface area contributed by atoms with E-state index in [1.54, 1.807) is 23.1 Å². The maximum atomic E-state index is 14.6. The fourth-order valence-electron chi connectivity index (χ4n) is 4.17. The maximum Gasteiger partial charge on any atom is 0.410 e. The Morgan fingerprint density at radius 1 is 1.05 bits per heavy atom. The average molecular weight is 533 g/mol. The number of hydrogen-bond donors (Lipinski definition) is 0. The molecule has 0 atom stereocenters. The number of ether oxygens (including phenoxy) is 3. The molecule has 1 aromatic heterocycles. The first-order valence-electron chi connectivity index (χ1n) is 12.4. The first-order valence-corrected chi connectivity index (χ1v) is 13.9. The van der Waals surface area contributed by atoms with Gasteiger partial charge in [-0.1, -0.05) is 18.2 Å². The standard InChI is InChI=1S/C27H33FN2O6S/c1-27(2,3)36-26(31)30-13-10-20(11-14-30)34-21-17-22(18-21)35-25-16-19(9-12-29-25)15-24(28)37(32,33)23-7-5-4-6-8-23/h4-9,12,15-16,20-22H,10-11,13-14,17-18H2,1-3H3. The van der Waals surface area contributed by atoms with Crippen molar-refractivity contribution in [1.82, 2.24) is 9.88 Å². The number of aromatic nitrogens is 1. The van der Waals surface area contributed by atoms with Crippen LogP contribution in [0.3, 0.4) is 0 Å². The van der Waals surface area contributed by atoms with Gasteiger partial charge in [0.1, 0.15) is 11.7 Å². The largest absolute Gasteiger partial charge is 0.474 e. The van der Waals surface area contributed by atoms with Crippen LogP contribution in [0.5, 0.6) is 5.88 Å². The highest BCUT2D eigenvalue weighted by molar-refractivity contribution is 7.95. The van der Waals surface area contributed by atoms with Gasteiger partial charge in [0.05, 0.1) is 17.1 Å². The number of pyridine rings is 1. The van der Waals surface area contributed by atoms with Gasteiger partial charge in [0.25, 0.3) is 0 Å². The first kappa shape index (κ1) is 27.1. The summed E-state index contributed by atoms with van der Waals surface area (Å²) in [5.41, 5.74) is -0.171. The molecule has 1 aromatic carbocycles. The van der Waals surface area contributed by atoms with Gasteiger partial charge in [-0.3, -0.25) is 0 Å². The molecule has 37 heavy (non-hydrogen) atoms. The number of sulfone groups is 1. The molecule has 0 spiro atoms. The van der Waals surface area contributed by atoms with Gasteiger partial charge in [-0.15, -0.1) is 0 Å². The second kappa shape index (κ2) is 11.2. The summed E-state index contributed by atoms with van der Waals surface area (Å²) >= 11 is 0. The summed E-state index contributed by atoms with van der Waals surface area (Å²) in [6, 6.07) is 10.5. The topological polar surface area (TPSA) is 95.0 Å². The highest BCUT2D eigenvalue weighted by Gasteiger charge is 2.35. The minimum atomic E-state index is -4.22. The third-order valence-electron chi connectivity index (χ3n) is 6.17. The van der Waals surface area contributed by atoms with Crippen molar-refractivity contribution >= 4 is 22.0 Å². The minimum absolute atomic E-state index is 0.0691. The molecule has 0 bridgehead atoms. The van der Waals surface area contributed by atoms with Crippen LogP contribution in [0.25, 0.3) is 6.08 Å². The predicted octanol–water partition coefficient (Wildman–Crippen LogP) is 5.15. The lowest BCUT2D eigenvalue weighted by Crippen LogP contribution is -2.46. The van der Waals surface area contributed by atoms with Crippen LogP contribution in [0.15, 0.2) is 58.7 Å². The number of likely N-dealkylation sites (tertiary alicyclic amines) is 1. The molecule has 1 aliphatic carbocycles. The first-order chi connectivity index (χ1) is 17.5. The van der Waals surface area contributed by atoms with Crippen LogP contribution in [-0.4, -0.2) is 61.4 Å². The number of carbonyl (C=O) groups excluding carboxylic acids is 1. The normalized spacial score (nSPS) is 21.3. The molecule has 8 nitrogen and oxygen atoms in total. The van der Waals surface area contributed by atoms with E-state index in [-0.39, 0.29) is 29.3 Å². The highest BCUT2D eigenvalue weighted by Crippen LogP contribution is 2.31. The molecule has 10 heteroatoms. The molecule has 2 heterocycles. The zero-order valence-electron chi connectivity index (χ0n) is 21.3. The van der Waals surface area contributed by atoms with E-state index < -0.39 is 20.6 Å². The molecular weight excluding hydrogens is 499 g/mol. The van der Waals surface area contributed by atoms with Crippen LogP contribution < -0.4 is 4.74 Å². The van der Waals surface area contributed by atoms with E-state index in [0.717, 1.165) is 18.9 Å². The van der Waals surface area contributed by atoms with Crippen LogP contribution in [0, 0.1) is 0 Å². The lowest BCUT2D eigenvalue weighted by molar-refractivity contribution is -0.110. The maximum absolute atomic E-state index is 14.6. The Kier molecular flexibility index (Phi) is 8.18. The molecule has 0 N–H and O–H groups in total. The fraction of sp³-hybridized carbons (Fsp3) is 0.481. The quantitative estimate of drug-likeness (QED) is 0.487. The SMILES string of the molecule is CC(C)(C)OC(=O)N1CCC(OC2CC(Oc3cc(C=C(F)S(=O)(=O)c4ccccc4)ccn3)C2)CC1. The van der Waals surface area contributed by atoms with Crippen molar-refractivity contribution < 1.29 is 31.8 Å². The average Bonchev–Trinajstić information content (AvgIpc) is 2.83. The molecule has 2 aliphatic rings. The summed E-state index contributed by atoms with van der Waals surface area (Å²) in [6.07, 6.45) is 5.12. The van der Waals surface area contributed by atoms with Crippen molar-refractivity contribution in [1.29, 1.82) is 0 Å². The lowest BCUT2D eigenvalue weighted by atomic mass is 9.91. The van der Waals surface area contributed by atoms with E-state index in [1.807, 2.05) is 20.8 Å². The number of amides is 1. The highest BCUT2D eigenvalue weighted by atomic mass is 32.2. The zero-order valence-corrected chi connectivity index (χ0v) is 22.1. The van der Waals surface area contributed by atoms with Gasteiger partial charge in [-0.2, -0.15) is 4.39 Å². The summed E-state index contributed by atoms with van der Waals surface area (Å²) in [5.74, 6) is 0.299. The molecule has 200 valence electrons. The van der Waals surface area contributed by atoms with Crippen LogP contribution in [0.2, 0.25) is 0 Å². The van der Waals surface area contributed by atoms with Crippen molar-refractivity contribution in [3.8, 4) is 5.88 Å². The molecule has 0 unspecified atom stereocenters. The molecule has 0 radical (unpaired) electrons. The molecular formula is C27H33FN2O6S. The van der Waals surface area contributed by atoms with Gasteiger partial charge in [0, 0.05) is 38.2 Å². The van der Waals surface area contributed by atoms with Crippen LogP contribution in [-0.2, 0) is 19.3 Å². The van der Waals surface area contributed by atoms with E-state index >= 15 is 0 Å². The van der Waals surface area contributed by atoms with Crippen molar-refractivity contribution in [2.45, 2.75) is 75.3 Å². The van der Waals surface area contributed by atoms with Crippen molar-refractivity contribution in [2.24, 2.45) is 0 Å². The smallest absolute Gasteiger partial charge is 0.410 e. The third-order valence-corrected chi connectivity index (χ3v) is 7.69. The fourth-order valence-corrected chi connectivity index (χ4v) is 5.20. The molecule has 1 amide bonds. The van der Waals surface area contributed by atoms with Crippen molar-refractivity contribution in [2.75, 3.05) is 13.1 Å². The van der Waals surface area contributed by atoms with Crippen LogP contribution in [0.4, 0.5) is 9.18 Å². The number of benzene rings is 1. The Bertz CT molecular complexity index is 1210. The summed E-state index contributed by atoms with van der Waals surface area (Å²) in [4.78, 5) is 18.0. The Labute approximate surface area is 217 Å². The number of piperidine rings is 1. The van der Waals surface area contributed by atoms with E-state index in [9.17, 15) is 17.6 Å². The summed E-state index contributed by atoms with van der Waals surface area (Å²) < 4.78 is 57.0. The number of nitrogens with zero attached hydrogens (tertiary/aromatic N) is 2. The second-order valence-electron chi connectivity index (χ2n) is 10.3. The number of hydrogen-bond acceptors (Lipinski definition) is 7. The molecule has 1 saturated heterocycles. The molecule has 1 saturated carbocycles. The summed E-state index contributed by atoms with van der Waals surface area (Å²) in [7, 11) is -4.22. The van der Waals surface area contributed by atoms with E-state index in [1.165, 1.54) is 30.5 Å². The van der Waals surface area contributed by atoms with E-state index in [2.05, 4.69) is 4.98 Å². The van der Waals surface area contributed by atoms with Crippen LogP contribution >= 0.6 is 0 Å². The second-order valence-corrected chi connectivity index (χ2v) is 12.2. The van der Waals surface area contributed by atoms with Gasteiger partial charge in [-0.05, 0) is 63.5 Å². The Morgan fingerprint density at radius 3 is 2.38 bits per heavy atom. The van der Waals surface area contributed by atoms with Gasteiger partial charge in [-0.25, -0.2) is 18.2 Å². The van der Waals surface area contributed by atoms with E-state index in [0.29, 0.717) is 37.4 Å². The van der Waals surface area contributed by atoms with Crippen molar-refractivity contribution in [3.05, 3.63) is 59.4 Å². The molecule has 1 aliphatic heterocycles. The number of halogens is 1. The Hall–Kier alpha value is -2.98. The summed E-state index contributed by atoms with van der Waals surface area (Å²) in [5, 5.41) is -1.24. The summed E-state index contributed by atoms with van der Waals surface area (Å²) in [6.45, 7) is 6.77. The van der Waals surface area contributed by atoms with Gasteiger partial charge < -0.3 is 19.1 Å². The van der Waals surface area contributed by atoms with E-state index in [4.69, 9.17) is 14.2 Å². The molecule has 2 fully saturated rings. The Morgan fingerprint density at radius 2 is 1.73 bits per heavy atom. The lowest BCUT2D eigenvalue weighted by Gasteiger charge is -2.39. The van der Waals surface area contributed by atoms with Gasteiger partial charge >= 0.3 is 6.09 Å². The van der Waals surface area contributed by atoms with Crippen molar-refractivity contribution in [3.63, 3.8) is 0 Å². The minimum Gasteiger partial charge on any atom is -0.474 e. The number of carbonyl (C=O) groups is 1. The molecule has 2 aromatic rings. The predicted molar refractivity (Wildman–Crippen MR) is 136 cm³/mol. The monoisotopic (exact) mass is 532 g/mol. The van der Waals surface area contributed by atoms with Gasteiger partial charge in [0.2, 0.25) is 20.9 Å². The van der Waals surface area contributed by atoms with Gasteiger partial charge in [0.15, 0.2) is 0 Å². The zero-order chi connectivity index (χ0) is 26.6. The van der Waals surface area contributed by atoms with Crippen LogP contribution in [0.1, 0.15) is 52.0 Å². The Balaban J connectivity index is 1.24. The number of rotatable bonds is 7. The molecule has 4 rings (SSSR count).